The molecule has 0 radical (unpaired) electrons. The topological polar surface area (TPSA) is 12.0 Å². The minimum Gasteiger partial charge on any atom is -0.384 e. The minimum atomic E-state index is 0.602. The van der Waals surface area contributed by atoms with Crippen LogP contribution in [-0.2, 0) is 0 Å². The average molecular weight is 201 g/mol. The van der Waals surface area contributed by atoms with Crippen molar-refractivity contribution in [3.8, 4) is 11.8 Å². The van der Waals surface area contributed by atoms with Gasteiger partial charge in [-0.2, -0.15) is 0 Å². The Kier molecular flexibility index (Phi) is 4.77. The van der Waals surface area contributed by atoms with Gasteiger partial charge in [0.2, 0.25) is 0 Å². The number of hydrogen-bond donors (Lipinski definition) is 1. The van der Waals surface area contributed by atoms with Crippen LogP contribution in [0.25, 0.3) is 0 Å². The molecule has 0 atom stereocenters. The molecule has 0 saturated carbocycles. The summed E-state index contributed by atoms with van der Waals surface area (Å²) in [5, 5.41) is 3.34. The van der Waals surface area contributed by atoms with Crippen LogP contribution in [0.15, 0.2) is 24.3 Å². The molecule has 0 aromatic heterocycles. The third-order valence-electron chi connectivity index (χ3n) is 2.33. The molecule has 1 rings (SSSR count). The van der Waals surface area contributed by atoms with E-state index in [0.717, 1.165) is 13.0 Å². The summed E-state index contributed by atoms with van der Waals surface area (Å²) in [6.45, 7) is 7.21. The number of benzene rings is 1. The predicted molar refractivity (Wildman–Crippen MR) is 67.1 cm³/mol. The zero-order valence-electron chi connectivity index (χ0n) is 9.80. The molecule has 1 aromatic rings. The normalized spacial score (nSPS) is 9.60. The first-order valence-corrected chi connectivity index (χ1v) is 5.47. The van der Waals surface area contributed by atoms with E-state index in [1.54, 1.807) is 0 Å². The van der Waals surface area contributed by atoms with Gasteiger partial charge in [0, 0.05) is 18.7 Å². The van der Waals surface area contributed by atoms with E-state index in [1.165, 1.54) is 11.3 Å². The molecule has 0 aliphatic carbocycles. The average Bonchev–Trinajstić information content (AvgIpc) is 2.25. The van der Waals surface area contributed by atoms with E-state index in [1.807, 2.05) is 6.92 Å². The zero-order chi connectivity index (χ0) is 11.1. The van der Waals surface area contributed by atoms with E-state index in [0.29, 0.717) is 5.92 Å². The maximum Gasteiger partial charge on any atom is 0.0340 e. The van der Waals surface area contributed by atoms with Crippen molar-refractivity contribution in [3.05, 3.63) is 29.8 Å². The number of rotatable bonds is 4. The summed E-state index contributed by atoms with van der Waals surface area (Å²) >= 11 is 0. The Balaban J connectivity index is 2.45. The van der Waals surface area contributed by atoms with Gasteiger partial charge in [-0.3, -0.25) is 0 Å². The molecule has 0 aliphatic rings. The molecular formula is C14H19N. The summed E-state index contributed by atoms with van der Waals surface area (Å²) in [4.78, 5) is 0. The summed E-state index contributed by atoms with van der Waals surface area (Å²) < 4.78 is 0. The quantitative estimate of drug-likeness (QED) is 0.579. The van der Waals surface area contributed by atoms with Crippen molar-refractivity contribution < 1.29 is 0 Å². The maximum atomic E-state index is 3.34. The van der Waals surface area contributed by atoms with Crippen molar-refractivity contribution >= 4 is 5.69 Å². The zero-order valence-corrected chi connectivity index (χ0v) is 9.80. The van der Waals surface area contributed by atoms with Gasteiger partial charge in [-0.05, 0) is 30.5 Å². The van der Waals surface area contributed by atoms with Gasteiger partial charge in [0.1, 0.15) is 0 Å². The Morgan fingerprint density at radius 1 is 1.20 bits per heavy atom. The molecule has 80 valence electrons. The van der Waals surface area contributed by atoms with Gasteiger partial charge in [-0.25, -0.2) is 0 Å². The standard InChI is InChI=1S/C14H19N/c1-4-5-6-11-15-14-9-7-13(8-10-14)12(2)3/h7-10,12,15H,6,11H2,1-3H3. The highest BCUT2D eigenvalue weighted by Crippen LogP contribution is 2.16. The molecule has 1 aromatic carbocycles. The van der Waals surface area contributed by atoms with Gasteiger partial charge >= 0.3 is 0 Å². The van der Waals surface area contributed by atoms with Gasteiger partial charge in [-0.15, -0.1) is 11.8 Å². The second kappa shape index (κ2) is 6.14. The van der Waals surface area contributed by atoms with Gasteiger partial charge < -0.3 is 5.32 Å². The third kappa shape index (κ3) is 4.08. The molecule has 0 spiro atoms. The Hall–Kier alpha value is -1.42. The van der Waals surface area contributed by atoms with Crippen molar-refractivity contribution in [3.63, 3.8) is 0 Å². The lowest BCUT2D eigenvalue weighted by Gasteiger charge is -2.07. The highest BCUT2D eigenvalue weighted by atomic mass is 14.9. The Labute approximate surface area is 92.9 Å². The molecule has 0 unspecified atom stereocenters. The molecule has 15 heavy (non-hydrogen) atoms. The van der Waals surface area contributed by atoms with Crippen molar-refractivity contribution in [2.24, 2.45) is 0 Å². The molecule has 0 amide bonds. The maximum absolute atomic E-state index is 3.34. The molecular weight excluding hydrogens is 182 g/mol. The van der Waals surface area contributed by atoms with Gasteiger partial charge in [0.25, 0.3) is 0 Å². The van der Waals surface area contributed by atoms with Crippen molar-refractivity contribution in [2.45, 2.75) is 33.1 Å². The largest absolute Gasteiger partial charge is 0.384 e. The Morgan fingerprint density at radius 3 is 2.40 bits per heavy atom. The van der Waals surface area contributed by atoms with E-state index < -0.39 is 0 Å². The summed E-state index contributed by atoms with van der Waals surface area (Å²) in [5.74, 6) is 6.53. The first kappa shape index (κ1) is 11.7. The molecule has 1 heteroatoms. The van der Waals surface area contributed by atoms with E-state index >= 15 is 0 Å². The van der Waals surface area contributed by atoms with Crippen LogP contribution in [0, 0.1) is 11.8 Å². The fraction of sp³-hybridized carbons (Fsp3) is 0.429. The lowest BCUT2D eigenvalue weighted by Crippen LogP contribution is -2.00. The molecule has 0 aliphatic heterocycles. The first-order valence-electron chi connectivity index (χ1n) is 5.47. The smallest absolute Gasteiger partial charge is 0.0340 e. The molecule has 0 fully saturated rings. The second-order valence-electron chi connectivity index (χ2n) is 3.88. The van der Waals surface area contributed by atoms with E-state index in [9.17, 15) is 0 Å². The predicted octanol–water partition coefficient (Wildman–Crippen LogP) is 3.64. The van der Waals surface area contributed by atoms with Crippen molar-refractivity contribution in [1.29, 1.82) is 0 Å². The molecule has 1 nitrogen and oxygen atoms in total. The number of nitrogens with one attached hydrogen (secondary N) is 1. The highest BCUT2D eigenvalue weighted by molar-refractivity contribution is 5.45. The first-order chi connectivity index (χ1) is 7.24. The molecule has 0 bridgehead atoms. The summed E-state index contributed by atoms with van der Waals surface area (Å²) in [6, 6.07) is 8.63. The van der Waals surface area contributed by atoms with Crippen LogP contribution < -0.4 is 5.32 Å². The van der Waals surface area contributed by atoms with Crippen LogP contribution in [0.2, 0.25) is 0 Å². The van der Waals surface area contributed by atoms with Crippen LogP contribution in [0.5, 0.6) is 0 Å². The SMILES string of the molecule is CC#CCCNc1ccc(C(C)C)cc1. The van der Waals surface area contributed by atoms with Crippen LogP contribution in [-0.4, -0.2) is 6.54 Å². The summed E-state index contributed by atoms with van der Waals surface area (Å²) in [7, 11) is 0. The number of hydrogen-bond acceptors (Lipinski definition) is 1. The highest BCUT2D eigenvalue weighted by Gasteiger charge is 1.97. The minimum absolute atomic E-state index is 0.602. The van der Waals surface area contributed by atoms with Crippen LogP contribution in [0.3, 0.4) is 0 Å². The van der Waals surface area contributed by atoms with E-state index in [2.05, 4.69) is 55.3 Å². The molecule has 0 heterocycles. The van der Waals surface area contributed by atoms with Crippen LogP contribution in [0.4, 0.5) is 5.69 Å². The molecule has 1 N–H and O–H groups in total. The molecule has 0 saturated heterocycles. The van der Waals surface area contributed by atoms with Gasteiger partial charge in [0.05, 0.1) is 0 Å². The second-order valence-corrected chi connectivity index (χ2v) is 3.88. The van der Waals surface area contributed by atoms with Crippen LogP contribution >= 0.6 is 0 Å². The van der Waals surface area contributed by atoms with Crippen LogP contribution in [0.1, 0.15) is 38.7 Å². The van der Waals surface area contributed by atoms with E-state index in [-0.39, 0.29) is 0 Å². The summed E-state index contributed by atoms with van der Waals surface area (Å²) in [6.07, 6.45) is 0.905. The fourth-order valence-electron chi connectivity index (χ4n) is 1.38. The Morgan fingerprint density at radius 2 is 1.87 bits per heavy atom. The summed E-state index contributed by atoms with van der Waals surface area (Å²) in [5.41, 5.74) is 2.56. The fourth-order valence-corrected chi connectivity index (χ4v) is 1.38. The van der Waals surface area contributed by atoms with Crippen molar-refractivity contribution in [1.82, 2.24) is 0 Å². The number of anilines is 1. The Bertz CT molecular complexity index is 338. The van der Waals surface area contributed by atoms with Gasteiger partial charge in [-0.1, -0.05) is 26.0 Å². The lowest BCUT2D eigenvalue weighted by atomic mass is 10.0. The lowest BCUT2D eigenvalue weighted by molar-refractivity contribution is 0.867. The third-order valence-corrected chi connectivity index (χ3v) is 2.33. The van der Waals surface area contributed by atoms with E-state index in [4.69, 9.17) is 0 Å². The van der Waals surface area contributed by atoms with Gasteiger partial charge in [0.15, 0.2) is 0 Å². The van der Waals surface area contributed by atoms with Crippen molar-refractivity contribution in [2.75, 3.05) is 11.9 Å². The monoisotopic (exact) mass is 201 g/mol.